The van der Waals surface area contributed by atoms with Crippen LogP contribution in [-0.4, -0.2) is 25.6 Å². The van der Waals surface area contributed by atoms with E-state index < -0.39 is 5.82 Å². The Hall–Kier alpha value is -2.34. The molecular formula is C24H27ClF2N2O2. The first kappa shape index (κ1) is 21.9. The van der Waals surface area contributed by atoms with Crippen LogP contribution in [0.15, 0.2) is 24.3 Å². The zero-order valence-corrected chi connectivity index (χ0v) is 18.4. The number of hydrogen-bond donors (Lipinski definition) is 1. The van der Waals surface area contributed by atoms with Crippen LogP contribution in [0.3, 0.4) is 0 Å². The van der Waals surface area contributed by atoms with Crippen LogP contribution in [-0.2, 0) is 17.1 Å². The van der Waals surface area contributed by atoms with Crippen LogP contribution >= 0.6 is 11.6 Å². The van der Waals surface area contributed by atoms with E-state index in [9.17, 15) is 13.6 Å². The molecule has 2 aliphatic heterocycles. The minimum atomic E-state index is -0.432. The molecule has 7 heteroatoms. The largest absolute Gasteiger partial charge is 0.493 e. The quantitative estimate of drug-likeness (QED) is 0.607. The first-order valence-electron chi connectivity index (χ1n) is 10.8. The van der Waals surface area contributed by atoms with Crippen LogP contribution < -0.4 is 15.0 Å². The summed E-state index contributed by atoms with van der Waals surface area (Å²) in [4.78, 5) is 13.7. The van der Waals surface area contributed by atoms with Crippen LogP contribution in [0.25, 0.3) is 0 Å². The maximum absolute atomic E-state index is 14.7. The predicted octanol–water partition coefficient (Wildman–Crippen LogP) is 5.58. The highest BCUT2D eigenvalue weighted by Crippen LogP contribution is 2.35. The van der Waals surface area contributed by atoms with Gasteiger partial charge in [-0.25, -0.2) is 8.78 Å². The Bertz CT molecular complexity index is 959. The Balaban J connectivity index is 1.41. The molecule has 4 nitrogen and oxygen atoms in total. The molecule has 2 aromatic carbocycles. The fraction of sp³-hybridized carbons (Fsp3) is 0.458. The SMILES string of the molecule is Cc1cc(CCl)cc(F)c1N1CCCC(COc2ccc(F)c3c2CCC(=O)N3)CC1. The monoisotopic (exact) mass is 448 g/mol. The molecule has 1 unspecified atom stereocenters. The Morgan fingerprint density at radius 3 is 2.77 bits per heavy atom. The highest BCUT2D eigenvalue weighted by molar-refractivity contribution is 6.17. The van der Waals surface area contributed by atoms with Crippen molar-refractivity contribution in [3.63, 3.8) is 0 Å². The molecule has 1 saturated heterocycles. The van der Waals surface area contributed by atoms with E-state index >= 15 is 0 Å². The molecular weight excluding hydrogens is 422 g/mol. The number of carbonyl (C=O) groups excluding carboxylic acids is 1. The van der Waals surface area contributed by atoms with E-state index in [-0.39, 0.29) is 17.4 Å². The second-order valence-electron chi connectivity index (χ2n) is 8.42. The van der Waals surface area contributed by atoms with E-state index in [4.69, 9.17) is 16.3 Å². The number of nitrogens with one attached hydrogen (secondary N) is 1. The van der Waals surface area contributed by atoms with Crippen LogP contribution in [0, 0.1) is 24.5 Å². The van der Waals surface area contributed by atoms with Crippen molar-refractivity contribution >= 4 is 28.9 Å². The van der Waals surface area contributed by atoms with Crippen LogP contribution in [0.5, 0.6) is 5.75 Å². The number of rotatable bonds is 5. The third-order valence-corrected chi connectivity index (χ3v) is 6.50. The maximum atomic E-state index is 14.7. The lowest BCUT2D eigenvalue weighted by Crippen LogP contribution is -2.26. The van der Waals surface area contributed by atoms with Gasteiger partial charge in [0.25, 0.3) is 0 Å². The molecule has 0 bridgehead atoms. The van der Waals surface area contributed by atoms with Gasteiger partial charge in [-0.3, -0.25) is 4.79 Å². The van der Waals surface area contributed by atoms with Gasteiger partial charge in [0, 0.05) is 31.0 Å². The number of amides is 1. The fourth-order valence-corrected chi connectivity index (χ4v) is 4.76. The second kappa shape index (κ2) is 9.43. The van der Waals surface area contributed by atoms with Gasteiger partial charge < -0.3 is 15.0 Å². The van der Waals surface area contributed by atoms with Gasteiger partial charge in [0.05, 0.1) is 18.0 Å². The normalized spacial score (nSPS) is 18.9. The number of benzene rings is 2. The van der Waals surface area contributed by atoms with Crippen LogP contribution in [0.2, 0.25) is 0 Å². The number of nitrogens with zero attached hydrogens (tertiary/aromatic N) is 1. The van der Waals surface area contributed by atoms with E-state index in [1.54, 1.807) is 6.07 Å². The summed E-state index contributed by atoms with van der Waals surface area (Å²) in [7, 11) is 0. The summed E-state index contributed by atoms with van der Waals surface area (Å²) in [5.41, 5.74) is 3.34. The number of alkyl halides is 1. The Kier molecular flexibility index (Phi) is 6.65. The molecule has 0 spiro atoms. The van der Waals surface area contributed by atoms with Gasteiger partial charge in [0.2, 0.25) is 5.91 Å². The number of aryl methyl sites for hydroxylation is 1. The molecule has 2 aliphatic rings. The van der Waals surface area contributed by atoms with Crippen molar-refractivity contribution in [2.75, 3.05) is 29.9 Å². The van der Waals surface area contributed by atoms with Gasteiger partial charge in [-0.2, -0.15) is 0 Å². The molecule has 2 aromatic rings. The van der Waals surface area contributed by atoms with Gasteiger partial charge in [-0.05, 0) is 67.9 Å². The van der Waals surface area contributed by atoms with Crippen molar-refractivity contribution in [2.24, 2.45) is 5.92 Å². The average molecular weight is 449 g/mol. The molecule has 0 radical (unpaired) electrons. The topological polar surface area (TPSA) is 41.6 Å². The molecule has 0 saturated carbocycles. The zero-order chi connectivity index (χ0) is 22.0. The molecule has 31 heavy (non-hydrogen) atoms. The lowest BCUT2D eigenvalue weighted by Gasteiger charge is -2.26. The molecule has 4 rings (SSSR count). The van der Waals surface area contributed by atoms with Crippen molar-refractivity contribution in [3.05, 3.63) is 52.6 Å². The fourth-order valence-electron chi connectivity index (χ4n) is 4.61. The smallest absolute Gasteiger partial charge is 0.224 e. The van der Waals surface area contributed by atoms with Crippen molar-refractivity contribution in [1.29, 1.82) is 0 Å². The summed E-state index contributed by atoms with van der Waals surface area (Å²) in [5.74, 6) is 0.441. The molecule has 1 N–H and O–H groups in total. The van der Waals surface area contributed by atoms with E-state index in [1.807, 2.05) is 13.0 Å². The van der Waals surface area contributed by atoms with Gasteiger partial charge in [0.1, 0.15) is 17.4 Å². The number of halogens is 3. The number of hydrogen-bond acceptors (Lipinski definition) is 3. The molecule has 0 aliphatic carbocycles. The van der Waals surface area contributed by atoms with Crippen molar-refractivity contribution in [1.82, 2.24) is 0 Å². The minimum Gasteiger partial charge on any atom is -0.493 e. The Labute approximate surface area is 186 Å². The lowest BCUT2D eigenvalue weighted by molar-refractivity contribution is -0.116. The van der Waals surface area contributed by atoms with Gasteiger partial charge in [-0.15, -0.1) is 11.6 Å². The summed E-state index contributed by atoms with van der Waals surface area (Å²) in [6.45, 7) is 4.00. The van der Waals surface area contributed by atoms with E-state index in [0.29, 0.717) is 42.7 Å². The summed E-state index contributed by atoms with van der Waals surface area (Å²) >= 11 is 5.86. The summed E-state index contributed by atoms with van der Waals surface area (Å²) < 4.78 is 34.9. The first-order valence-corrected chi connectivity index (χ1v) is 11.3. The molecule has 0 aromatic heterocycles. The number of fused-ring (bicyclic) bond motifs is 1. The molecule has 2 heterocycles. The number of ether oxygens (including phenoxy) is 1. The van der Waals surface area contributed by atoms with Crippen molar-refractivity contribution < 1.29 is 18.3 Å². The second-order valence-corrected chi connectivity index (χ2v) is 8.69. The molecule has 166 valence electrons. The summed E-state index contributed by atoms with van der Waals surface area (Å²) in [6.07, 6.45) is 3.62. The number of anilines is 2. The third kappa shape index (κ3) is 4.79. The van der Waals surface area contributed by atoms with E-state index in [1.165, 1.54) is 12.1 Å². The summed E-state index contributed by atoms with van der Waals surface area (Å²) in [5, 5.41) is 2.61. The highest BCUT2D eigenvalue weighted by atomic mass is 35.5. The standard InChI is InChI=1S/C24H27ClF2N2O2/c1-15-11-17(13-25)12-20(27)24(15)29-9-2-3-16(8-10-29)14-31-21-6-5-19(26)23-18(21)4-7-22(30)28-23/h5-6,11-12,16H,2-4,7-10,13-14H2,1H3,(H,28,30). The lowest BCUT2D eigenvalue weighted by atomic mass is 10.0. The Morgan fingerprint density at radius 2 is 2.00 bits per heavy atom. The first-order chi connectivity index (χ1) is 15.0. The predicted molar refractivity (Wildman–Crippen MR) is 119 cm³/mol. The van der Waals surface area contributed by atoms with Crippen molar-refractivity contribution in [2.45, 2.75) is 44.9 Å². The van der Waals surface area contributed by atoms with Gasteiger partial charge >= 0.3 is 0 Å². The summed E-state index contributed by atoms with van der Waals surface area (Å²) in [6, 6.07) is 6.46. The average Bonchev–Trinajstić information content (AvgIpc) is 2.98. The van der Waals surface area contributed by atoms with Crippen LogP contribution in [0.4, 0.5) is 20.2 Å². The zero-order valence-electron chi connectivity index (χ0n) is 17.6. The molecule has 1 amide bonds. The van der Waals surface area contributed by atoms with Crippen LogP contribution in [0.1, 0.15) is 42.4 Å². The van der Waals surface area contributed by atoms with E-state index in [2.05, 4.69) is 10.2 Å². The van der Waals surface area contributed by atoms with E-state index in [0.717, 1.165) is 49.0 Å². The number of carbonyl (C=O) groups is 1. The highest BCUT2D eigenvalue weighted by Gasteiger charge is 2.24. The maximum Gasteiger partial charge on any atom is 0.224 e. The molecule has 1 atom stereocenters. The minimum absolute atomic E-state index is 0.172. The van der Waals surface area contributed by atoms with Crippen molar-refractivity contribution in [3.8, 4) is 5.75 Å². The molecule has 1 fully saturated rings. The van der Waals surface area contributed by atoms with Gasteiger partial charge in [0.15, 0.2) is 0 Å². The Morgan fingerprint density at radius 1 is 1.16 bits per heavy atom. The van der Waals surface area contributed by atoms with Gasteiger partial charge in [-0.1, -0.05) is 6.07 Å². The third-order valence-electron chi connectivity index (χ3n) is 6.19.